The molecular weight excluding hydrogens is 506 g/mol. The fourth-order valence-electron chi connectivity index (χ4n) is 3.70. The lowest BCUT2D eigenvalue weighted by molar-refractivity contribution is 0.0686. The number of carboxylic acids is 2. The van der Waals surface area contributed by atoms with Gasteiger partial charge in [-0.2, -0.15) is 0 Å². The molecule has 5 aromatic rings. The van der Waals surface area contributed by atoms with Gasteiger partial charge in [0.1, 0.15) is 0 Å². The van der Waals surface area contributed by atoms with E-state index in [9.17, 15) is 19.8 Å². The molecule has 2 N–H and O–H groups in total. The zero-order valence-corrected chi connectivity index (χ0v) is 20.9. The molecule has 5 rings (SSSR count). The lowest BCUT2D eigenvalue weighted by atomic mass is 10.1. The van der Waals surface area contributed by atoms with E-state index in [0.717, 1.165) is 25.8 Å². The average molecular weight is 524 g/mol. The third kappa shape index (κ3) is 5.02. The van der Waals surface area contributed by atoms with Crippen LogP contribution in [0.5, 0.6) is 0 Å². The van der Waals surface area contributed by atoms with Crippen LogP contribution >= 0.6 is 22.7 Å². The second-order valence-corrected chi connectivity index (χ2v) is 9.80. The number of hydrogen-bond acceptors (Lipinski definition) is 7. The Hall–Kier alpha value is -4.65. The van der Waals surface area contributed by atoms with Gasteiger partial charge in [-0.05, 0) is 72.5 Å². The number of hydrogen-bond donors (Lipinski definition) is 2. The van der Waals surface area contributed by atoms with Gasteiger partial charge in [-0.15, -0.1) is 28.6 Å². The summed E-state index contributed by atoms with van der Waals surface area (Å²) >= 11 is 3.24. The van der Waals surface area contributed by atoms with Gasteiger partial charge in [0, 0.05) is 27.7 Å². The van der Waals surface area contributed by atoms with Crippen LogP contribution in [-0.4, -0.2) is 37.1 Å². The van der Waals surface area contributed by atoms with E-state index in [1.54, 1.807) is 28.9 Å². The van der Waals surface area contributed by atoms with Crippen molar-refractivity contribution in [2.24, 2.45) is 0 Å². The summed E-state index contributed by atoms with van der Waals surface area (Å²) in [5.74, 6) is 3.85. The highest BCUT2D eigenvalue weighted by molar-refractivity contribution is 7.19. The van der Waals surface area contributed by atoms with Gasteiger partial charge < -0.3 is 10.2 Å². The molecule has 0 aliphatic heterocycles. The number of carboxylic acid groups (broad SMARTS) is 2. The van der Waals surface area contributed by atoms with Gasteiger partial charge in [0.15, 0.2) is 0 Å². The van der Waals surface area contributed by atoms with E-state index < -0.39 is 11.9 Å². The summed E-state index contributed by atoms with van der Waals surface area (Å²) in [7, 11) is 0. The van der Waals surface area contributed by atoms with Crippen LogP contribution < -0.4 is 0 Å². The van der Waals surface area contributed by atoms with E-state index in [1.165, 1.54) is 30.5 Å². The molecule has 0 unspecified atom stereocenters. The van der Waals surface area contributed by atoms with E-state index in [-0.39, 0.29) is 22.5 Å². The van der Waals surface area contributed by atoms with E-state index in [0.29, 0.717) is 11.4 Å². The number of aromatic nitrogens is 3. The van der Waals surface area contributed by atoms with Crippen molar-refractivity contribution < 1.29 is 19.8 Å². The van der Waals surface area contributed by atoms with Gasteiger partial charge in [-0.25, -0.2) is 14.6 Å². The van der Waals surface area contributed by atoms with E-state index in [4.69, 9.17) is 0 Å². The largest absolute Gasteiger partial charge is 0.478 e. The van der Waals surface area contributed by atoms with Crippen molar-refractivity contribution in [1.29, 1.82) is 0 Å². The molecule has 0 radical (unpaired) electrons. The Morgan fingerprint density at radius 2 is 1.43 bits per heavy atom. The first-order chi connectivity index (χ1) is 17.9. The van der Waals surface area contributed by atoms with Crippen molar-refractivity contribution in [1.82, 2.24) is 15.0 Å². The topological polar surface area (TPSA) is 113 Å². The summed E-state index contributed by atoms with van der Waals surface area (Å²) in [6.07, 6.45) is 3.01. The molecule has 37 heavy (non-hydrogen) atoms. The van der Waals surface area contributed by atoms with Gasteiger partial charge in [-0.1, -0.05) is 5.92 Å². The Morgan fingerprint density at radius 1 is 0.784 bits per heavy atom. The van der Waals surface area contributed by atoms with E-state index in [1.807, 2.05) is 30.5 Å². The average Bonchev–Trinajstić information content (AvgIpc) is 3.58. The lowest BCUT2D eigenvalue weighted by Gasteiger charge is -2.08. The second-order valence-electron chi connectivity index (χ2n) is 7.80. The number of pyridine rings is 3. The Morgan fingerprint density at radius 3 is 2.14 bits per heavy atom. The molecule has 0 amide bonds. The monoisotopic (exact) mass is 523 g/mol. The molecule has 0 spiro atoms. The fourth-order valence-corrected chi connectivity index (χ4v) is 5.60. The van der Waals surface area contributed by atoms with Crippen molar-refractivity contribution >= 4 is 34.6 Å². The minimum absolute atomic E-state index is 0.00448. The Balaban J connectivity index is 1.55. The first-order valence-electron chi connectivity index (χ1n) is 11.0. The van der Waals surface area contributed by atoms with Crippen molar-refractivity contribution in [3.8, 4) is 55.5 Å². The molecular formula is C28H17N3O4S2. The molecule has 9 heteroatoms. The molecule has 5 aromatic heterocycles. The Kier molecular flexibility index (Phi) is 6.60. The summed E-state index contributed by atoms with van der Waals surface area (Å²) in [6.45, 7) is 1.82. The van der Waals surface area contributed by atoms with E-state index >= 15 is 0 Å². The van der Waals surface area contributed by atoms with Gasteiger partial charge >= 0.3 is 11.9 Å². The first kappa shape index (κ1) is 24.1. The molecule has 7 nitrogen and oxygen atoms in total. The van der Waals surface area contributed by atoms with Crippen LogP contribution in [0.3, 0.4) is 0 Å². The maximum atomic E-state index is 11.9. The smallest absolute Gasteiger partial charge is 0.335 e. The van der Waals surface area contributed by atoms with Gasteiger partial charge in [-0.3, -0.25) is 9.97 Å². The number of nitrogens with zero attached hydrogens (tertiary/aromatic N) is 3. The summed E-state index contributed by atoms with van der Waals surface area (Å²) in [5.41, 5.74) is 3.36. The zero-order chi connectivity index (χ0) is 25.9. The minimum Gasteiger partial charge on any atom is -0.478 e. The summed E-state index contributed by atoms with van der Waals surface area (Å²) in [5, 5.41) is 21.0. The number of carbonyl (C=O) groups is 2. The highest BCUT2D eigenvalue weighted by Crippen LogP contribution is 2.38. The number of thiophene rings is 2. The summed E-state index contributed by atoms with van der Waals surface area (Å²) < 4.78 is 0. The molecule has 180 valence electrons. The second kappa shape index (κ2) is 10.1. The lowest BCUT2D eigenvalue weighted by Crippen LogP contribution is -2.02. The van der Waals surface area contributed by atoms with Crippen LogP contribution in [0.25, 0.3) is 43.7 Å². The number of aromatic carboxylic acids is 2. The van der Waals surface area contributed by atoms with Gasteiger partial charge in [0.25, 0.3) is 0 Å². The van der Waals surface area contributed by atoms with Crippen LogP contribution in [0.2, 0.25) is 0 Å². The summed E-state index contributed by atoms with van der Waals surface area (Å²) in [6, 6.07) is 15.4. The van der Waals surface area contributed by atoms with Crippen molar-refractivity contribution in [2.45, 2.75) is 6.92 Å². The van der Waals surface area contributed by atoms with Crippen LogP contribution in [0, 0.1) is 11.8 Å². The third-order valence-corrected chi connectivity index (χ3v) is 7.42. The van der Waals surface area contributed by atoms with Crippen LogP contribution in [0.15, 0.2) is 72.4 Å². The Labute approximate surface area is 219 Å². The highest BCUT2D eigenvalue weighted by atomic mass is 32.1. The molecule has 0 aromatic carbocycles. The summed E-state index contributed by atoms with van der Waals surface area (Å²) in [4.78, 5) is 39.6. The van der Waals surface area contributed by atoms with Crippen molar-refractivity contribution in [3.05, 3.63) is 88.4 Å². The van der Waals surface area contributed by atoms with Gasteiger partial charge in [0.05, 0.1) is 38.8 Å². The van der Waals surface area contributed by atoms with Crippen LogP contribution in [0.4, 0.5) is 0 Å². The normalized spacial score (nSPS) is 10.5. The van der Waals surface area contributed by atoms with Crippen molar-refractivity contribution in [3.63, 3.8) is 0 Å². The van der Waals surface area contributed by atoms with Crippen LogP contribution in [0.1, 0.15) is 32.5 Å². The first-order valence-corrected chi connectivity index (χ1v) is 12.6. The third-order valence-electron chi connectivity index (χ3n) is 5.42. The van der Waals surface area contributed by atoms with Crippen molar-refractivity contribution in [2.75, 3.05) is 0 Å². The molecule has 0 saturated carbocycles. The molecule has 0 fully saturated rings. The van der Waals surface area contributed by atoms with E-state index in [2.05, 4.69) is 38.9 Å². The molecule has 0 saturated heterocycles. The predicted octanol–water partition coefficient (Wildman–Crippen LogP) is 6.43. The fraction of sp³-hybridized carbons (Fsp3) is 0.0357. The highest BCUT2D eigenvalue weighted by Gasteiger charge is 2.16. The maximum absolute atomic E-state index is 11.9. The molecule has 0 aliphatic carbocycles. The zero-order valence-electron chi connectivity index (χ0n) is 19.3. The minimum atomic E-state index is -1.14. The Bertz CT molecular complexity index is 1730. The quantitative estimate of drug-likeness (QED) is 0.247. The van der Waals surface area contributed by atoms with Gasteiger partial charge in [0.2, 0.25) is 0 Å². The number of rotatable bonds is 6. The molecule has 0 aliphatic rings. The maximum Gasteiger partial charge on any atom is 0.335 e. The standard InChI is InChI=1S/C28H17N3O4S2/c1-2-3-25-19(8-11-36-25)26-5-4-24(37-26)16-6-9-29-20(12-16)22-14-18(28(34)35)15-23(31-22)21-13-17(27(32)33)7-10-30-21/h4-15H,1H3,(H,32,33)(H,34,35). The van der Waals surface area contributed by atoms with Crippen LogP contribution in [-0.2, 0) is 0 Å². The molecule has 0 atom stereocenters. The molecule has 0 bridgehead atoms. The predicted molar refractivity (Wildman–Crippen MR) is 144 cm³/mol. The SMILES string of the molecule is CC#Cc1sccc1-c1ccc(-c2ccnc(-c3cc(C(=O)O)cc(-c4cc(C(=O)O)ccn4)n3)c2)s1. The molecule has 5 heterocycles.